The fourth-order valence-electron chi connectivity index (χ4n) is 4.47. The van der Waals surface area contributed by atoms with E-state index in [2.05, 4.69) is 48.0 Å². The largest absolute Gasteiger partial charge is 0.371 e. The summed E-state index contributed by atoms with van der Waals surface area (Å²) in [4.78, 5) is 17.3. The van der Waals surface area contributed by atoms with Crippen LogP contribution in [0.25, 0.3) is 0 Å². The Morgan fingerprint density at radius 3 is 2.83 bits per heavy atom. The van der Waals surface area contributed by atoms with Crippen LogP contribution in [0.2, 0.25) is 0 Å². The molecule has 122 valence electrons. The van der Waals surface area contributed by atoms with Crippen LogP contribution in [-0.4, -0.2) is 23.0 Å². The third-order valence-electron chi connectivity index (χ3n) is 5.42. The van der Waals surface area contributed by atoms with E-state index in [4.69, 9.17) is 0 Å². The van der Waals surface area contributed by atoms with E-state index in [-0.39, 0.29) is 29.3 Å². The number of hydrogen-bond acceptors (Lipinski definition) is 5. The summed E-state index contributed by atoms with van der Waals surface area (Å²) < 4.78 is 0. The minimum absolute atomic E-state index is 0.0207. The summed E-state index contributed by atoms with van der Waals surface area (Å²) in [6.07, 6.45) is 5.39. The van der Waals surface area contributed by atoms with Crippen molar-refractivity contribution >= 4 is 5.78 Å². The number of carbonyl (C=O) groups excluding carboxylic acids is 1. The molecule has 0 bridgehead atoms. The monoisotopic (exact) mass is 312 g/mol. The molecule has 3 heterocycles. The number of hydrazine groups is 1. The number of nitrogens with zero attached hydrogens (tertiary/aromatic N) is 1. The molecule has 0 amide bonds. The van der Waals surface area contributed by atoms with Crippen LogP contribution in [0, 0.1) is 11.3 Å². The summed E-state index contributed by atoms with van der Waals surface area (Å²) in [5.41, 5.74) is 9.95. The number of nitrogens with one attached hydrogen (secondary N) is 3. The van der Waals surface area contributed by atoms with Crippen molar-refractivity contribution in [2.45, 2.75) is 51.7 Å². The molecule has 0 radical (unpaired) electrons. The highest BCUT2D eigenvalue weighted by atomic mass is 16.1. The zero-order valence-electron chi connectivity index (χ0n) is 13.9. The third kappa shape index (κ3) is 2.39. The second kappa shape index (κ2) is 5.14. The van der Waals surface area contributed by atoms with Gasteiger partial charge in [0.1, 0.15) is 0 Å². The van der Waals surface area contributed by atoms with Gasteiger partial charge in [0.15, 0.2) is 5.78 Å². The molecule has 0 spiro atoms. The molecule has 1 aromatic heterocycles. The summed E-state index contributed by atoms with van der Waals surface area (Å²) in [7, 11) is 0. The number of rotatable bonds is 1. The van der Waals surface area contributed by atoms with Crippen molar-refractivity contribution in [2.24, 2.45) is 11.3 Å². The molecule has 23 heavy (non-hydrogen) atoms. The molecular formula is C18H24N4O. The van der Waals surface area contributed by atoms with Gasteiger partial charge in [0.05, 0.1) is 6.17 Å². The van der Waals surface area contributed by atoms with Crippen LogP contribution in [0.3, 0.4) is 0 Å². The Kier molecular flexibility index (Phi) is 3.32. The standard InChI is InChI=1S/C18H24N4O/c1-10-14-15(11-5-4-6-19-9-11)16-12(20-17(14)22-21-10)7-18(2,3)8-13(16)23/h4-6,9-10,14-15,17,20-22H,7-8H2,1-3H3. The van der Waals surface area contributed by atoms with E-state index in [0.29, 0.717) is 12.3 Å². The first-order valence-corrected chi connectivity index (χ1v) is 8.40. The lowest BCUT2D eigenvalue weighted by atomic mass is 9.66. The minimum Gasteiger partial charge on any atom is -0.371 e. The summed E-state index contributed by atoms with van der Waals surface area (Å²) in [5.74, 6) is 0.685. The van der Waals surface area contributed by atoms with Gasteiger partial charge in [-0.05, 0) is 30.4 Å². The maximum absolute atomic E-state index is 13.0. The molecule has 3 aliphatic rings. The van der Waals surface area contributed by atoms with Gasteiger partial charge in [-0.25, -0.2) is 5.43 Å². The topological polar surface area (TPSA) is 66.0 Å². The Morgan fingerprint density at radius 2 is 2.09 bits per heavy atom. The van der Waals surface area contributed by atoms with Gasteiger partial charge in [-0.2, -0.15) is 0 Å². The number of allylic oxidation sites excluding steroid dienone is 2. The number of ketones is 1. The molecule has 5 nitrogen and oxygen atoms in total. The lowest BCUT2D eigenvalue weighted by Gasteiger charge is -2.44. The van der Waals surface area contributed by atoms with Crippen molar-refractivity contribution in [3.8, 4) is 0 Å². The van der Waals surface area contributed by atoms with Gasteiger partial charge < -0.3 is 5.32 Å². The van der Waals surface area contributed by atoms with Gasteiger partial charge >= 0.3 is 0 Å². The smallest absolute Gasteiger partial charge is 0.161 e. The summed E-state index contributed by atoms with van der Waals surface area (Å²) in [6.45, 7) is 6.51. The van der Waals surface area contributed by atoms with Gasteiger partial charge in [-0.3, -0.25) is 15.2 Å². The number of carbonyl (C=O) groups is 1. The molecule has 1 fully saturated rings. The van der Waals surface area contributed by atoms with Crippen LogP contribution in [0.4, 0.5) is 0 Å². The van der Waals surface area contributed by atoms with Crippen LogP contribution < -0.4 is 16.2 Å². The molecule has 4 unspecified atom stereocenters. The van der Waals surface area contributed by atoms with E-state index in [1.807, 2.05) is 12.3 Å². The average Bonchev–Trinajstić information content (AvgIpc) is 2.86. The maximum atomic E-state index is 13.0. The minimum atomic E-state index is 0.0207. The van der Waals surface area contributed by atoms with E-state index in [9.17, 15) is 4.79 Å². The summed E-state index contributed by atoms with van der Waals surface area (Å²) in [5, 5.41) is 3.60. The van der Waals surface area contributed by atoms with Gasteiger partial charge in [-0.15, -0.1) is 0 Å². The third-order valence-corrected chi connectivity index (χ3v) is 5.42. The maximum Gasteiger partial charge on any atom is 0.161 e. The Morgan fingerprint density at radius 1 is 1.26 bits per heavy atom. The Labute approximate surface area is 136 Å². The zero-order chi connectivity index (χ0) is 16.2. The van der Waals surface area contributed by atoms with Crippen molar-refractivity contribution in [3.63, 3.8) is 0 Å². The Hall–Kier alpha value is -1.72. The second-order valence-corrected chi connectivity index (χ2v) is 7.87. The molecular weight excluding hydrogens is 288 g/mol. The highest BCUT2D eigenvalue weighted by molar-refractivity contribution is 5.99. The molecule has 2 aliphatic heterocycles. The fraction of sp³-hybridized carbons (Fsp3) is 0.556. The number of hydrogen-bond donors (Lipinski definition) is 3. The SMILES string of the molecule is CC1NNC2NC3=C(C(=O)CC(C)(C)C3)C(c3cccnc3)C12. The predicted octanol–water partition coefficient (Wildman–Crippen LogP) is 1.85. The first-order valence-electron chi connectivity index (χ1n) is 8.40. The van der Waals surface area contributed by atoms with E-state index >= 15 is 0 Å². The lowest BCUT2D eigenvalue weighted by Crippen LogP contribution is -2.52. The second-order valence-electron chi connectivity index (χ2n) is 7.87. The highest BCUT2D eigenvalue weighted by Crippen LogP contribution is 2.48. The van der Waals surface area contributed by atoms with Gasteiger partial charge in [-0.1, -0.05) is 19.9 Å². The zero-order valence-corrected chi connectivity index (χ0v) is 13.9. The van der Waals surface area contributed by atoms with Crippen molar-refractivity contribution in [1.29, 1.82) is 0 Å². The predicted molar refractivity (Wildman–Crippen MR) is 88.2 cm³/mol. The quantitative estimate of drug-likeness (QED) is 0.738. The van der Waals surface area contributed by atoms with Crippen molar-refractivity contribution < 1.29 is 4.79 Å². The van der Waals surface area contributed by atoms with E-state index in [0.717, 1.165) is 23.3 Å². The molecule has 3 N–H and O–H groups in total. The number of fused-ring (bicyclic) bond motifs is 1. The molecule has 1 aliphatic carbocycles. The van der Waals surface area contributed by atoms with Crippen LogP contribution in [0.15, 0.2) is 35.8 Å². The van der Waals surface area contributed by atoms with E-state index in [1.165, 1.54) is 0 Å². The molecule has 4 rings (SSSR count). The molecule has 1 saturated heterocycles. The van der Waals surface area contributed by atoms with E-state index < -0.39 is 0 Å². The highest BCUT2D eigenvalue weighted by Gasteiger charge is 2.49. The van der Waals surface area contributed by atoms with Gasteiger partial charge in [0, 0.05) is 48.0 Å². The Balaban J connectivity index is 1.85. The van der Waals surface area contributed by atoms with E-state index in [1.54, 1.807) is 6.20 Å². The van der Waals surface area contributed by atoms with Crippen LogP contribution in [0.1, 0.15) is 45.1 Å². The summed E-state index contributed by atoms with van der Waals surface area (Å²) >= 11 is 0. The van der Waals surface area contributed by atoms with Gasteiger partial charge in [0.25, 0.3) is 0 Å². The van der Waals surface area contributed by atoms with Crippen molar-refractivity contribution in [3.05, 3.63) is 41.4 Å². The van der Waals surface area contributed by atoms with Crippen LogP contribution in [0.5, 0.6) is 0 Å². The molecule has 0 aromatic carbocycles. The normalized spacial score (nSPS) is 35.5. The number of aromatic nitrogens is 1. The number of Topliss-reactive ketones (excluding diaryl/α,β-unsaturated/α-hetero) is 1. The Bertz CT molecular complexity index is 667. The van der Waals surface area contributed by atoms with Gasteiger partial charge in [0.2, 0.25) is 0 Å². The molecule has 0 saturated carbocycles. The van der Waals surface area contributed by atoms with Crippen LogP contribution in [-0.2, 0) is 4.79 Å². The van der Waals surface area contributed by atoms with Crippen molar-refractivity contribution in [1.82, 2.24) is 21.2 Å². The average molecular weight is 312 g/mol. The molecule has 5 heteroatoms. The molecule has 4 atom stereocenters. The fourth-order valence-corrected chi connectivity index (χ4v) is 4.47. The first kappa shape index (κ1) is 14.8. The lowest BCUT2D eigenvalue weighted by molar-refractivity contribution is -0.118. The molecule has 1 aromatic rings. The number of pyridine rings is 1. The first-order chi connectivity index (χ1) is 11.0. The van der Waals surface area contributed by atoms with Crippen LogP contribution >= 0.6 is 0 Å². The van der Waals surface area contributed by atoms with Crippen molar-refractivity contribution in [2.75, 3.05) is 0 Å². The summed E-state index contributed by atoms with van der Waals surface area (Å²) in [6, 6.07) is 4.35.